The van der Waals surface area contributed by atoms with Gasteiger partial charge in [-0.1, -0.05) is 0 Å². The van der Waals surface area contributed by atoms with Gasteiger partial charge in [-0.25, -0.2) is 0 Å². The van der Waals surface area contributed by atoms with Crippen LogP contribution in [0.5, 0.6) is 0 Å². The van der Waals surface area contributed by atoms with Gasteiger partial charge in [0.1, 0.15) is 0 Å². The van der Waals surface area contributed by atoms with Crippen molar-refractivity contribution in [1.82, 2.24) is 24.8 Å². The number of carbonyl (C=O) groups excluding carboxylic acids is 1. The number of nitrogens with zero attached hydrogens (tertiary/aromatic N) is 4. The maximum atomic E-state index is 12.6. The van der Waals surface area contributed by atoms with E-state index in [1.54, 1.807) is 10.6 Å². The molecule has 0 saturated carbocycles. The van der Waals surface area contributed by atoms with Crippen molar-refractivity contribution in [2.75, 3.05) is 5.32 Å². The number of aromatic nitrogens is 5. The Balaban J connectivity index is 1.62. The van der Waals surface area contributed by atoms with E-state index in [0.717, 1.165) is 41.7 Å². The van der Waals surface area contributed by atoms with Crippen molar-refractivity contribution in [3.63, 3.8) is 0 Å². The molecule has 22 heavy (non-hydrogen) atoms. The highest BCUT2D eigenvalue weighted by molar-refractivity contribution is 5.95. The first-order chi connectivity index (χ1) is 10.7. The van der Waals surface area contributed by atoms with Crippen molar-refractivity contribution in [1.29, 1.82) is 0 Å². The predicted octanol–water partition coefficient (Wildman–Crippen LogP) is 1.82. The van der Waals surface area contributed by atoms with Crippen molar-refractivity contribution in [2.45, 2.75) is 32.1 Å². The maximum absolute atomic E-state index is 12.6. The minimum atomic E-state index is -0.180. The van der Waals surface area contributed by atoms with Crippen LogP contribution in [0.25, 0.3) is 5.65 Å². The molecule has 1 aliphatic rings. The lowest BCUT2D eigenvalue weighted by molar-refractivity contribution is -0.117. The summed E-state index contributed by atoms with van der Waals surface area (Å²) in [5, 5.41) is 18.1. The van der Waals surface area contributed by atoms with Crippen LogP contribution in [-0.4, -0.2) is 30.7 Å². The van der Waals surface area contributed by atoms with Gasteiger partial charge in [0.05, 0.1) is 12.1 Å². The number of carbonyl (C=O) groups is 1. The van der Waals surface area contributed by atoms with Gasteiger partial charge in [-0.2, -0.15) is 5.10 Å². The van der Waals surface area contributed by atoms with Crippen LogP contribution in [0.15, 0.2) is 24.5 Å². The molecule has 0 bridgehead atoms. The molecule has 0 fully saturated rings. The average molecular weight is 296 g/mol. The van der Waals surface area contributed by atoms with Gasteiger partial charge in [-0.05, 0) is 43.9 Å². The fourth-order valence-electron chi connectivity index (χ4n) is 3.01. The molecular formula is C15H16N6O. The number of pyridine rings is 1. The van der Waals surface area contributed by atoms with E-state index < -0.39 is 0 Å². The summed E-state index contributed by atoms with van der Waals surface area (Å²) < 4.78 is 1.78. The molecule has 1 amide bonds. The van der Waals surface area contributed by atoms with Crippen LogP contribution in [0.2, 0.25) is 0 Å². The van der Waals surface area contributed by atoms with Crippen LogP contribution in [0, 0.1) is 6.92 Å². The number of aryl methyl sites for hydroxylation is 2. The van der Waals surface area contributed by atoms with Gasteiger partial charge in [0.2, 0.25) is 11.9 Å². The molecule has 4 rings (SSSR count). The van der Waals surface area contributed by atoms with E-state index >= 15 is 0 Å². The minimum absolute atomic E-state index is 0.0581. The van der Waals surface area contributed by atoms with Crippen LogP contribution in [0.1, 0.15) is 35.6 Å². The van der Waals surface area contributed by atoms with Crippen molar-refractivity contribution < 1.29 is 4.79 Å². The van der Waals surface area contributed by atoms with Crippen molar-refractivity contribution in [3.8, 4) is 0 Å². The van der Waals surface area contributed by atoms with Gasteiger partial charge in [0, 0.05) is 17.5 Å². The molecule has 7 heteroatoms. The number of H-pyrrole nitrogens is 1. The molecular weight excluding hydrogens is 280 g/mol. The molecule has 0 aromatic carbocycles. The molecule has 3 aromatic rings. The van der Waals surface area contributed by atoms with Gasteiger partial charge < -0.3 is 0 Å². The van der Waals surface area contributed by atoms with Crippen LogP contribution >= 0.6 is 0 Å². The number of aromatic amines is 1. The molecule has 112 valence electrons. The number of hydrogen-bond acceptors (Lipinski definition) is 4. The molecule has 3 heterocycles. The smallest absolute Gasteiger partial charge is 0.235 e. The van der Waals surface area contributed by atoms with E-state index in [1.807, 2.05) is 25.3 Å². The molecule has 1 atom stereocenters. The molecule has 1 unspecified atom stereocenters. The van der Waals surface area contributed by atoms with Crippen molar-refractivity contribution in [3.05, 3.63) is 41.3 Å². The van der Waals surface area contributed by atoms with Gasteiger partial charge in [0.25, 0.3) is 0 Å². The van der Waals surface area contributed by atoms with Gasteiger partial charge >= 0.3 is 0 Å². The van der Waals surface area contributed by atoms with E-state index in [9.17, 15) is 4.79 Å². The Kier molecular flexibility index (Phi) is 2.92. The Morgan fingerprint density at radius 2 is 2.36 bits per heavy atom. The lowest BCUT2D eigenvalue weighted by atomic mass is 9.86. The standard InChI is InChI=1S/C15H16N6O/c1-9-5-6-21-13(7-9)19-20-15(21)17-14(22)10-3-2-4-12-11(10)8-16-18-12/h5-8,10H,2-4H2,1H3,(H,16,18)(H,17,20,22). The highest BCUT2D eigenvalue weighted by Gasteiger charge is 2.28. The average Bonchev–Trinajstić information content (AvgIpc) is 3.13. The summed E-state index contributed by atoms with van der Waals surface area (Å²) in [7, 11) is 0. The first kappa shape index (κ1) is 13.0. The number of amides is 1. The zero-order valence-corrected chi connectivity index (χ0v) is 12.2. The summed E-state index contributed by atoms with van der Waals surface area (Å²) in [4.78, 5) is 12.6. The minimum Gasteiger partial charge on any atom is -0.294 e. The predicted molar refractivity (Wildman–Crippen MR) is 80.6 cm³/mol. The summed E-state index contributed by atoms with van der Waals surface area (Å²) in [6.45, 7) is 2.00. The summed E-state index contributed by atoms with van der Waals surface area (Å²) in [6, 6.07) is 3.89. The maximum Gasteiger partial charge on any atom is 0.235 e. The third-order valence-corrected chi connectivity index (χ3v) is 4.16. The normalized spacial score (nSPS) is 17.4. The Bertz CT molecular complexity index is 849. The van der Waals surface area contributed by atoms with Crippen LogP contribution < -0.4 is 5.32 Å². The molecule has 0 radical (unpaired) electrons. The van der Waals surface area contributed by atoms with Crippen molar-refractivity contribution >= 4 is 17.5 Å². The Morgan fingerprint density at radius 1 is 1.45 bits per heavy atom. The third kappa shape index (κ3) is 2.05. The van der Waals surface area contributed by atoms with E-state index in [0.29, 0.717) is 5.95 Å². The monoisotopic (exact) mass is 296 g/mol. The molecule has 2 N–H and O–H groups in total. The van der Waals surface area contributed by atoms with E-state index in [-0.39, 0.29) is 11.8 Å². The number of anilines is 1. The molecule has 1 aliphatic carbocycles. The fraction of sp³-hybridized carbons (Fsp3) is 0.333. The van der Waals surface area contributed by atoms with E-state index in [4.69, 9.17) is 0 Å². The lowest BCUT2D eigenvalue weighted by Crippen LogP contribution is -2.25. The highest BCUT2D eigenvalue weighted by atomic mass is 16.2. The molecule has 0 saturated heterocycles. The van der Waals surface area contributed by atoms with Crippen LogP contribution in [-0.2, 0) is 11.2 Å². The number of nitrogens with one attached hydrogen (secondary N) is 2. The summed E-state index contributed by atoms with van der Waals surface area (Å²) in [6.07, 6.45) is 6.38. The van der Waals surface area contributed by atoms with Crippen LogP contribution in [0.4, 0.5) is 5.95 Å². The first-order valence-electron chi connectivity index (χ1n) is 7.37. The molecule has 0 spiro atoms. The summed E-state index contributed by atoms with van der Waals surface area (Å²) in [5.41, 5.74) is 3.89. The topological polar surface area (TPSA) is 88.0 Å². The molecule has 0 aliphatic heterocycles. The Labute approximate surface area is 126 Å². The Hall–Kier alpha value is -2.70. The fourth-order valence-corrected chi connectivity index (χ4v) is 3.01. The largest absolute Gasteiger partial charge is 0.294 e. The van der Waals surface area contributed by atoms with Crippen molar-refractivity contribution in [2.24, 2.45) is 0 Å². The zero-order chi connectivity index (χ0) is 15.1. The van der Waals surface area contributed by atoms with E-state index in [1.165, 1.54) is 0 Å². The second-order valence-corrected chi connectivity index (χ2v) is 5.69. The Morgan fingerprint density at radius 3 is 3.27 bits per heavy atom. The number of fused-ring (bicyclic) bond motifs is 2. The second kappa shape index (κ2) is 4.94. The summed E-state index contributed by atoms with van der Waals surface area (Å²) in [5.74, 6) is 0.216. The molecule has 7 nitrogen and oxygen atoms in total. The zero-order valence-electron chi connectivity index (χ0n) is 12.2. The molecule has 3 aromatic heterocycles. The highest BCUT2D eigenvalue weighted by Crippen LogP contribution is 2.31. The second-order valence-electron chi connectivity index (χ2n) is 5.69. The van der Waals surface area contributed by atoms with Gasteiger partial charge in [0.15, 0.2) is 5.65 Å². The first-order valence-corrected chi connectivity index (χ1v) is 7.37. The van der Waals surface area contributed by atoms with Crippen LogP contribution in [0.3, 0.4) is 0 Å². The number of rotatable bonds is 2. The summed E-state index contributed by atoms with van der Waals surface area (Å²) >= 11 is 0. The van der Waals surface area contributed by atoms with Gasteiger partial charge in [-0.15, -0.1) is 10.2 Å². The van der Waals surface area contributed by atoms with Gasteiger partial charge in [-0.3, -0.25) is 19.6 Å². The quantitative estimate of drug-likeness (QED) is 0.755. The SMILES string of the molecule is Cc1ccn2c(NC(=O)C3CCCc4[nH]ncc43)nnc2c1. The van der Waals surface area contributed by atoms with E-state index in [2.05, 4.69) is 25.7 Å². The lowest BCUT2D eigenvalue weighted by Gasteiger charge is -2.20. The number of hydrogen-bond donors (Lipinski definition) is 2. The third-order valence-electron chi connectivity index (χ3n) is 4.16.